The molecule has 1 aromatic carbocycles. The van der Waals surface area contributed by atoms with E-state index in [0.717, 1.165) is 11.3 Å². The van der Waals surface area contributed by atoms with Crippen LogP contribution in [0.15, 0.2) is 36.7 Å². The van der Waals surface area contributed by atoms with Gasteiger partial charge in [0.2, 0.25) is 5.88 Å². The average molecular weight is 230 g/mol. The third-order valence-electron chi connectivity index (χ3n) is 2.35. The third-order valence-corrected chi connectivity index (χ3v) is 2.35. The summed E-state index contributed by atoms with van der Waals surface area (Å²) in [7, 11) is 1.57. The topological polar surface area (TPSA) is 73.1 Å². The Hall–Kier alpha value is -2.14. The van der Waals surface area contributed by atoms with Crippen molar-refractivity contribution < 1.29 is 4.74 Å². The summed E-state index contributed by atoms with van der Waals surface area (Å²) in [6, 6.07) is 9.55. The van der Waals surface area contributed by atoms with Crippen molar-refractivity contribution >= 4 is 11.5 Å². The van der Waals surface area contributed by atoms with Crippen molar-refractivity contribution in [2.45, 2.75) is 6.54 Å². The lowest BCUT2D eigenvalue weighted by molar-refractivity contribution is 0.397. The molecule has 5 heteroatoms. The summed E-state index contributed by atoms with van der Waals surface area (Å²) in [5.41, 5.74) is 7.64. The quantitative estimate of drug-likeness (QED) is 0.836. The number of benzene rings is 1. The second kappa shape index (κ2) is 5.27. The fraction of sp³-hybridized carbons (Fsp3) is 0.167. The summed E-state index contributed by atoms with van der Waals surface area (Å²) in [6.45, 7) is 0.478. The summed E-state index contributed by atoms with van der Waals surface area (Å²) >= 11 is 0. The standard InChI is InChI=1S/C12H14N4O/c1-17-12-6-11(14-8-15-12)16-10-5-3-2-4-9(10)7-13/h2-6,8H,7,13H2,1H3,(H,14,15,16). The number of nitrogens with two attached hydrogens (primary N) is 1. The zero-order valence-electron chi connectivity index (χ0n) is 9.55. The van der Waals surface area contributed by atoms with E-state index in [-0.39, 0.29) is 0 Å². The Bertz CT molecular complexity index is 501. The Balaban J connectivity index is 2.24. The van der Waals surface area contributed by atoms with Crippen LogP contribution in [0.25, 0.3) is 0 Å². The highest BCUT2D eigenvalue weighted by atomic mass is 16.5. The molecule has 2 aromatic rings. The highest BCUT2D eigenvalue weighted by molar-refractivity contribution is 5.60. The molecule has 0 radical (unpaired) electrons. The van der Waals surface area contributed by atoms with Gasteiger partial charge in [0, 0.05) is 18.3 Å². The van der Waals surface area contributed by atoms with E-state index in [0.29, 0.717) is 18.2 Å². The minimum absolute atomic E-state index is 0.478. The van der Waals surface area contributed by atoms with Crippen molar-refractivity contribution in [3.63, 3.8) is 0 Å². The van der Waals surface area contributed by atoms with E-state index >= 15 is 0 Å². The van der Waals surface area contributed by atoms with Gasteiger partial charge in [-0.15, -0.1) is 0 Å². The molecule has 1 aromatic heterocycles. The van der Waals surface area contributed by atoms with Gasteiger partial charge >= 0.3 is 0 Å². The largest absolute Gasteiger partial charge is 0.481 e. The predicted molar refractivity (Wildman–Crippen MR) is 66.2 cm³/mol. The molecule has 88 valence electrons. The molecule has 3 N–H and O–H groups in total. The van der Waals surface area contributed by atoms with E-state index in [1.54, 1.807) is 13.2 Å². The van der Waals surface area contributed by atoms with Crippen molar-refractivity contribution in [3.05, 3.63) is 42.2 Å². The lowest BCUT2D eigenvalue weighted by Gasteiger charge is -2.10. The lowest BCUT2D eigenvalue weighted by Crippen LogP contribution is -2.03. The van der Waals surface area contributed by atoms with Gasteiger partial charge in [-0.1, -0.05) is 18.2 Å². The molecule has 0 amide bonds. The number of aromatic nitrogens is 2. The molecule has 2 rings (SSSR count). The Morgan fingerprint density at radius 1 is 1.29 bits per heavy atom. The van der Waals surface area contributed by atoms with Gasteiger partial charge in [0.25, 0.3) is 0 Å². The van der Waals surface area contributed by atoms with E-state index in [9.17, 15) is 0 Å². The fourth-order valence-corrected chi connectivity index (χ4v) is 1.48. The molecule has 0 saturated heterocycles. The van der Waals surface area contributed by atoms with Crippen LogP contribution in [-0.2, 0) is 6.54 Å². The van der Waals surface area contributed by atoms with E-state index in [4.69, 9.17) is 10.5 Å². The number of hydrogen-bond acceptors (Lipinski definition) is 5. The number of nitrogens with one attached hydrogen (secondary N) is 1. The van der Waals surface area contributed by atoms with E-state index < -0.39 is 0 Å². The Morgan fingerprint density at radius 3 is 2.88 bits per heavy atom. The molecule has 0 atom stereocenters. The minimum Gasteiger partial charge on any atom is -0.481 e. The van der Waals surface area contributed by atoms with Crippen molar-refractivity contribution in [2.24, 2.45) is 5.73 Å². The lowest BCUT2D eigenvalue weighted by atomic mass is 10.2. The van der Waals surface area contributed by atoms with Gasteiger partial charge in [0.15, 0.2) is 0 Å². The van der Waals surface area contributed by atoms with E-state index in [1.807, 2.05) is 24.3 Å². The first-order valence-electron chi connectivity index (χ1n) is 5.24. The maximum absolute atomic E-state index is 5.66. The first-order chi connectivity index (χ1) is 8.33. The van der Waals surface area contributed by atoms with Gasteiger partial charge < -0.3 is 15.8 Å². The SMILES string of the molecule is COc1cc(Nc2ccccc2CN)ncn1. The summed E-state index contributed by atoms with van der Waals surface area (Å²) in [5.74, 6) is 1.20. The Labute approximate surface area is 99.7 Å². The van der Waals surface area contributed by atoms with Crippen molar-refractivity contribution in [1.82, 2.24) is 9.97 Å². The van der Waals surface area contributed by atoms with Crippen molar-refractivity contribution in [2.75, 3.05) is 12.4 Å². The van der Waals surface area contributed by atoms with Gasteiger partial charge in [-0.3, -0.25) is 0 Å². The zero-order valence-corrected chi connectivity index (χ0v) is 9.55. The smallest absolute Gasteiger partial charge is 0.218 e. The second-order valence-corrected chi connectivity index (χ2v) is 3.43. The van der Waals surface area contributed by atoms with Crippen molar-refractivity contribution in [1.29, 1.82) is 0 Å². The number of ether oxygens (including phenoxy) is 1. The van der Waals surface area contributed by atoms with Crippen LogP contribution in [0.3, 0.4) is 0 Å². The van der Waals surface area contributed by atoms with Crippen LogP contribution < -0.4 is 15.8 Å². The van der Waals surface area contributed by atoms with Crippen LogP contribution in [0.4, 0.5) is 11.5 Å². The van der Waals surface area contributed by atoms with Gasteiger partial charge in [-0.25, -0.2) is 9.97 Å². The monoisotopic (exact) mass is 230 g/mol. The molecule has 1 heterocycles. The number of nitrogens with zero attached hydrogens (tertiary/aromatic N) is 2. The second-order valence-electron chi connectivity index (χ2n) is 3.43. The Kier molecular flexibility index (Phi) is 3.52. The van der Waals surface area contributed by atoms with Crippen molar-refractivity contribution in [3.8, 4) is 5.88 Å². The van der Waals surface area contributed by atoms with Gasteiger partial charge in [0.05, 0.1) is 7.11 Å². The van der Waals surface area contributed by atoms with Crippen LogP contribution in [-0.4, -0.2) is 17.1 Å². The van der Waals surface area contributed by atoms with Crippen LogP contribution in [0, 0.1) is 0 Å². The van der Waals surface area contributed by atoms with Gasteiger partial charge in [-0.2, -0.15) is 0 Å². The average Bonchev–Trinajstić information content (AvgIpc) is 2.39. The first kappa shape index (κ1) is 11.3. The molecular weight excluding hydrogens is 216 g/mol. The number of hydrogen-bond donors (Lipinski definition) is 2. The predicted octanol–water partition coefficient (Wildman–Crippen LogP) is 1.69. The number of rotatable bonds is 4. The highest BCUT2D eigenvalue weighted by Crippen LogP contribution is 2.20. The fourth-order valence-electron chi connectivity index (χ4n) is 1.48. The number of anilines is 2. The minimum atomic E-state index is 0.478. The molecule has 0 aliphatic heterocycles. The summed E-state index contributed by atoms with van der Waals surface area (Å²) < 4.78 is 5.03. The zero-order chi connectivity index (χ0) is 12.1. The molecule has 0 spiro atoms. The summed E-state index contributed by atoms with van der Waals surface area (Å²) in [5, 5.41) is 3.19. The molecule has 0 aliphatic carbocycles. The normalized spacial score (nSPS) is 10.0. The van der Waals surface area contributed by atoms with Gasteiger partial charge in [-0.05, 0) is 11.6 Å². The Morgan fingerprint density at radius 2 is 2.12 bits per heavy atom. The van der Waals surface area contributed by atoms with Crippen LogP contribution in [0.2, 0.25) is 0 Å². The maximum atomic E-state index is 5.66. The van der Waals surface area contributed by atoms with Crippen LogP contribution >= 0.6 is 0 Å². The molecule has 5 nitrogen and oxygen atoms in total. The molecule has 0 bridgehead atoms. The molecule has 0 fully saturated rings. The number of methoxy groups -OCH3 is 1. The summed E-state index contributed by atoms with van der Waals surface area (Å²) in [4.78, 5) is 8.06. The van der Waals surface area contributed by atoms with Crippen LogP contribution in [0.1, 0.15) is 5.56 Å². The van der Waals surface area contributed by atoms with Gasteiger partial charge in [0.1, 0.15) is 12.1 Å². The summed E-state index contributed by atoms with van der Waals surface area (Å²) in [6.07, 6.45) is 1.45. The van der Waals surface area contributed by atoms with E-state index in [1.165, 1.54) is 6.33 Å². The van der Waals surface area contributed by atoms with E-state index in [2.05, 4.69) is 15.3 Å². The molecule has 0 unspecified atom stereocenters. The third kappa shape index (κ3) is 2.70. The maximum Gasteiger partial charge on any atom is 0.218 e. The molecule has 0 saturated carbocycles. The molecule has 17 heavy (non-hydrogen) atoms. The first-order valence-corrected chi connectivity index (χ1v) is 5.24. The number of para-hydroxylation sites is 1. The van der Waals surface area contributed by atoms with Crippen LogP contribution in [0.5, 0.6) is 5.88 Å². The highest BCUT2D eigenvalue weighted by Gasteiger charge is 2.02. The molecule has 0 aliphatic rings. The molecular formula is C12H14N4O.